The number of esters is 1. The summed E-state index contributed by atoms with van der Waals surface area (Å²) in [4.78, 5) is 26.2. The van der Waals surface area contributed by atoms with Crippen molar-refractivity contribution in [3.63, 3.8) is 0 Å². The zero-order valence-corrected chi connectivity index (χ0v) is 18.6. The van der Waals surface area contributed by atoms with Gasteiger partial charge in [-0.2, -0.15) is 4.31 Å². The number of sulfonamides is 1. The molecule has 0 radical (unpaired) electrons. The van der Waals surface area contributed by atoms with E-state index in [9.17, 15) is 18.0 Å². The van der Waals surface area contributed by atoms with Gasteiger partial charge in [0.25, 0.3) is 0 Å². The summed E-state index contributed by atoms with van der Waals surface area (Å²) in [6, 6.07) is 13.4. The summed E-state index contributed by atoms with van der Waals surface area (Å²) in [7, 11) is -3.61. The van der Waals surface area contributed by atoms with E-state index in [2.05, 4.69) is 0 Å². The number of amides is 1. The Kier molecular flexibility index (Phi) is 6.88. The van der Waals surface area contributed by atoms with Crippen LogP contribution < -0.4 is 0 Å². The predicted octanol–water partition coefficient (Wildman–Crippen LogP) is 2.19. The lowest BCUT2D eigenvalue weighted by atomic mass is 10.1. The van der Waals surface area contributed by atoms with Gasteiger partial charge in [0.15, 0.2) is 0 Å². The second-order valence-corrected chi connectivity index (χ2v) is 9.79. The van der Waals surface area contributed by atoms with E-state index in [-0.39, 0.29) is 17.4 Å². The first kappa shape index (κ1) is 22.4. The Hall–Kier alpha value is -2.75. The molecule has 2 saturated heterocycles. The van der Waals surface area contributed by atoms with Crippen molar-refractivity contribution in [3.8, 4) is 0 Å². The highest BCUT2D eigenvalue weighted by Crippen LogP contribution is 2.19. The maximum absolute atomic E-state index is 12.8. The van der Waals surface area contributed by atoms with Crippen molar-refractivity contribution in [1.29, 1.82) is 0 Å². The maximum atomic E-state index is 12.8. The number of rotatable bonds is 7. The molecule has 2 aliphatic heterocycles. The lowest BCUT2D eigenvalue weighted by Crippen LogP contribution is -2.40. The Morgan fingerprint density at radius 3 is 2.44 bits per heavy atom. The molecule has 0 N–H and O–H groups in total. The molecule has 4 rings (SSSR count). The van der Waals surface area contributed by atoms with Crippen LogP contribution in [0.5, 0.6) is 0 Å². The largest absolute Gasteiger partial charge is 0.457 e. The third-order valence-corrected chi connectivity index (χ3v) is 7.51. The lowest BCUT2D eigenvalue weighted by Gasteiger charge is -2.26. The number of carbonyl (C=O) groups excluding carboxylic acids is 2. The Morgan fingerprint density at radius 2 is 1.75 bits per heavy atom. The van der Waals surface area contributed by atoms with E-state index in [1.807, 2.05) is 17.0 Å². The molecule has 0 unspecified atom stereocenters. The molecule has 2 aromatic rings. The van der Waals surface area contributed by atoms with Gasteiger partial charge in [0.1, 0.15) is 6.61 Å². The molecule has 8 nitrogen and oxygen atoms in total. The van der Waals surface area contributed by atoms with Gasteiger partial charge in [0.2, 0.25) is 15.9 Å². The molecule has 1 amide bonds. The summed E-state index contributed by atoms with van der Waals surface area (Å²) in [5.74, 6) is -0.332. The van der Waals surface area contributed by atoms with Crippen molar-refractivity contribution in [2.45, 2.75) is 30.9 Å². The number of hydrogen-bond acceptors (Lipinski definition) is 6. The number of likely N-dealkylation sites (tertiary alicyclic amines) is 1. The molecular formula is C23H26N2O6S. The van der Waals surface area contributed by atoms with Gasteiger partial charge in [-0.15, -0.1) is 0 Å². The van der Waals surface area contributed by atoms with Crippen molar-refractivity contribution < 1.29 is 27.5 Å². The molecule has 32 heavy (non-hydrogen) atoms. The summed E-state index contributed by atoms with van der Waals surface area (Å²) in [5.41, 5.74) is 1.95. The smallest absolute Gasteiger partial charge is 0.338 e. The SMILES string of the molecule is O=C(OCc1cccc(S(=O)(=O)N2CCOCC2)c1)c1ccc(CN2CCCC2=O)cc1. The van der Waals surface area contributed by atoms with Crippen LogP contribution in [-0.4, -0.2) is 62.3 Å². The molecule has 0 aliphatic carbocycles. The normalized spacial score (nSPS) is 17.5. The lowest BCUT2D eigenvalue weighted by molar-refractivity contribution is -0.128. The molecule has 2 aromatic carbocycles. The number of nitrogens with zero attached hydrogens (tertiary/aromatic N) is 2. The fourth-order valence-electron chi connectivity index (χ4n) is 3.80. The molecule has 2 heterocycles. The molecule has 2 fully saturated rings. The van der Waals surface area contributed by atoms with Crippen LogP contribution in [0.4, 0.5) is 0 Å². The Morgan fingerprint density at radius 1 is 1.00 bits per heavy atom. The Labute approximate surface area is 187 Å². The average molecular weight is 459 g/mol. The number of benzene rings is 2. The summed E-state index contributed by atoms with van der Waals surface area (Å²) in [5, 5.41) is 0. The van der Waals surface area contributed by atoms with Crippen molar-refractivity contribution >= 4 is 21.9 Å². The van der Waals surface area contributed by atoms with Crippen LogP contribution in [0.1, 0.15) is 34.3 Å². The summed E-state index contributed by atoms with van der Waals surface area (Å²) < 4.78 is 37.6. The first-order valence-electron chi connectivity index (χ1n) is 10.6. The van der Waals surface area contributed by atoms with Gasteiger partial charge in [-0.1, -0.05) is 24.3 Å². The number of morpholine rings is 1. The minimum Gasteiger partial charge on any atom is -0.457 e. The van der Waals surface area contributed by atoms with Crippen LogP contribution in [0.25, 0.3) is 0 Å². The second kappa shape index (κ2) is 9.81. The molecule has 0 aromatic heterocycles. The quantitative estimate of drug-likeness (QED) is 0.591. The second-order valence-electron chi connectivity index (χ2n) is 7.86. The highest BCUT2D eigenvalue weighted by Gasteiger charge is 2.26. The Balaban J connectivity index is 1.35. The van der Waals surface area contributed by atoms with Gasteiger partial charge in [-0.25, -0.2) is 13.2 Å². The highest BCUT2D eigenvalue weighted by molar-refractivity contribution is 7.89. The fourth-order valence-corrected chi connectivity index (χ4v) is 5.28. The standard InChI is InChI=1S/C23H26N2O6S/c26-22-5-2-10-24(22)16-18-6-8-20(9-7-18)23(27)31-17-19-3-1-4-21(15-19)32(28,29)25-11-13-30-14-12-25/h1,3-4,6-9,15H,2,5,10-14,16-17H2. The third-order valence-electron chi connectivity index (χ3n) is 5.61. The van der Waals surface area contributed by atoms with E-state index < -0.39 is 16.0 Å². The van der Waals surface area contributed by atoms with Crippen molar-refractivity contribution in [3.05, 3.63) is 65.2 Å². The van der Waals surface area contributed by atoms with Crippen LogP contribution in [0.15, 0.2) is 53.4 Å². The molecule has 0 bridgehead atoms. The molecule has 0 atom stereocenters. The van der Waals surface area contributed by atoms with E-state index in [1.54, 1.807) is 30.3 Å². The minimum atomic E-state index is -3.61. The molecular weight excluding hydrogens is 432 g/mol. The number of ether oxygens (including phenoxy) is 2. The summed E-state index contributed by atoms with van der Waals surface area (Å²) in [6.45, 7) is 2.68. The fraction of sp³-hybridized carbons (Fsp3) is 0.391. The molecule has 0 spiro atoms. The zero-order valence-electron chi connectivity index (χ0n) is 17.7. The molecule has 2 aliphatic rings. The van der Waals surface area contributed by atoms with Gasteiger partial charge in [-0.3, -0.25) is 4.79 Å². The average Bonchev–Trinajstić information content (AvgIpc) is 3.23. The monoisotopic (exact) mass is 458 g/mol. The van der Waals surface area contributed by atoms with E-state index in [0.717, 1.165) is 18.5 Å². The van der Waals surface area contributed by atoms with Crippen LogP contribution in [0.3, 0.4) is 0 Å². The van der Waals surface area contributed by atoms with Crippen LogP contribution in [0, 0.1) is 0 Å². The van der Waals surface area contributed by atoms with Crippen molar-refractivity contribution in [1.82, 2.24) is 9.21 Å². The summed E-state index contributed by atoms with van der Waals surface area (Å²) in [6.07, 6.45) is 1.48. The maximum Gasteiger partial charge on any atom is 0.338 e. The van der Waals surface area contributed by atoms with Crippen molar-refractivity contribution in [2.75, 3.05) is 32.8 Å². The molecule has 0 saturated carbocycles. The van der Waals surface area contributed by atoms with Crippen molar-refractivity contribution in [2.24, 2.45) is 0 Å². The zero-order chi connectivity index (χ0) is 22.6. The minimum absolute atomic E-state index is 0.0324. The Bertz CT molecular complexity index is 1080. The van der Waals surface area contributed by atoms with Crippen LogP contribution >= 0.6 is 0 Å². The van der Waals surface area contributed by atoms with E-state index in [0.29, 0.717) is 50.4 Å². The first-order chi connectivity index (χ1) is 15.4. The van der Waals surface area contributed by atoms with Gasteiger partial charge in [0.05, 0.1) is 23.7 Å². The number of hydrogen-bond donors (Lipinski definition) is 0. The molecule has 170 valence electrons. The van der Waals surface area contributed by atoms with Gasteiger partial charge in [0, 0.05) is 32.6 Å². The third kappa shape index (κ3) is 5.17. The summed E-state index contributed by atoms with van der Waals surface area (Å²) >= 11 is 0. The van der Waals surface area contributed by atoms with E-state index >= 15 is 0 Å². The highest BCUT2D eigenvalue weighted by atomic mass is 32.2. The number of carbonyl (C=O) groups is 2. The van der Waals surface area contributed by atoms with Crippen LogP contribution in [-0.2, 0) is 37.4 Å². The topological polar surface area (TPSA) is 93.2 Å². The van der Waals surface area contributed by atoms with E-state index in [4.69, 9.17) is 9.47 Å². The van der Waals surface area contributed by atoms with Gasteiger partial charge >= 0.3 is 5.97 Å². The van der Waals surface area contributed by atoms with Gasteiger partial charge < -0.3 is 14.4 Å². The first-order valence-corrected chi connectivity index (χ1v) is 12.1. The predicted molar refractivity (Wildman–Crippen MR) is 116 cm³/mol. The van der Waals surface area contributed by atoms with Gasteiger partial charge in [-0.05, 0) is 41.8 Å². The van der Waals surface area contributed by atoms with E-state index in [1.165, 1.54) is 10.4 Å². The van der Waals surface area contributed by atoms with Crippen LogP contribution in [0.2, 0.25) is 0 Å². The molecule has 9 heteroatoms.